The van der Waals surface area contributed by atoms with Crippen molar-refractivity contribution in [1.29, 1.82) is 0 Å². The summed E-state index contributed by atoms with van der Waals surface area (Å²) in [5.41, 5.74) is 3.95. The third kappa shape index (κ3) is 4.10. The Hall–Kier alpha value is -2.56. The van der Waals surface area contributed by atoms with Gasteiger partial charge in [-0.15, -0.1) is 0 Å². The van der Waals surface area contributed by atoms with Crippen LogP contribution in [0.2, 0.25) is 0 Å². The summed E-state index contributed by atoms with van der Waals surface area (Å²) in [5.74, 6) is -0.132. The number of rotatable bonds is 4. The van der Waals surface area contributed by atoms with Crippen molar-refractivity contribution in [1.82, 2.24) is 4.90 Å². The molecule has 1 heterocycles. The van der Waals surface area contributed by atoms with Gasteiger partial charge in [-0.1, -0.05) is 29.8 Å². The van der Waals surface area contributed by atoms with E-state index in [9.17, 15) is 9.18 Å². The second-order valence-electron chi connectivity index (χ2n) is 6.49. The van der Waals surface area contributed by atoms with Gasteiger partial charge in [-0.2, -0.15) is 0 Å². The molecule has 1 aliphatic rings. The highest BCUT2D eigenvalue weighted by Crippen LogP contribution is 2.20. The Labute approximate surface area is 148 Å². The molecule has 25 heavy (non-hydrogen) atoms. The highest BCUT2D eigenvalue weighted by atomic mass is 19.1. The maximum atomic E-state index is 13.9. The van der Waals surface area contributed by atoms with Crippen LogP contribution < -0.4 is 10.2 Å². The predicted molar refractivity (Wildman–Crippen MR) is 99.6 cm³/mol. The Morgan fingerprint density at radius 3 is 2.48 bits per heavy atom. The first-order valence-electron chi connectivity index (χ1n) is 8.63. The average molecular weight is 341 g/mol. The summed E-state index contributed by atoms with van der Waals surface area (Å²) in [6, 6.07) is 12.9. The van der Waals surface area contributed by atoms with E-state index in [1.54, 1.807) is 12.1 Å². The Bertz CT molecular complexity index is 754. The molecular weight excluding hydrogens is 317 g/mol. The van der Waals surface area contributed by atoms with Gasteiger partial charge < -0.3 is 15.1 Å². The van der Waals surface area contributed by atoms with Crippen LogP contribution in [0.1, 0.15) is 11.1 Å². The van der Waals surface area contributed by atoms with Crippen LogP contribution in [0.25, 0.3) is 0 Å². The fourth-order valence-electron chi connectivity index (χ4n) is 3.20. The molecule has 0 aromatic heterocycles. The van der Waals surface area contributed by atoms with Crippen molar-refractivity contribution in [3.63, 3.8) is 0 Å². The molecule has 0 bridgehead atoms. The molecule has 2 aromatic carbocycles. The lowest BCUT2D eigenvalue weighted by Crippen LogP contribution is -2.50. The number of anilines is 2. The van der Waals surface area contributed by atoms with Crippen LogP contribution in [0.3, 0.4) is 0 Å². The van der Waals surface area contributed by atoms with Gasteiger partial charge >= 0.3 is 0 Å². The molecule has 1 amide bonds. The van der Waals surface area contributed by atoms with Crippen LogP contribution in [-0.4, -0.2) is 43.5 Å². The molecule has 1 aliphatic heterocycles. The molecule has 0 atom stereocenters. The minimum Gasteiger partial charge on any atom is -0.376 e. The van der Waals surface area contributed by atoms with Crippen molar-refractivity contribution >= 4 is 17.3 Å². The molecule has 1 saturated heterocycles. The Balaban J connectivity index is 1.52. The fourth-order valence-corrected chi connectivity index (χ4v) is 3.20. The van der Waals surface area contributed by atoms with Gasteiger partial charge in [0.15, 0.2) is 0 Å². The number of carbonyl (C=O) groups is 1. The molecule has 2 aromatic rings. The molecule has 132 valence electrons. The van der Waals surface area contributed by atoms with E-state index >= 15 is 0 Å². The van der Waals surface area contributed by atoms with Crippen LogP contribution in [0.5, 0.6) is 0 Å². The molecule has 1 fully saturated rings. The van der Waals surface area contributed by atoms with E-state index < -0.39 is 0 Å². The van der Waals surface area contributed by atoms with Gasteiger partial charge in [-0.25, -0.2) is 4.39 Å². The zero-order chi connectivity index (χ0) is 17.8. The van der Waals surface area contributed by atoms with Gasteiger partial charge in [-0.05, 0) is 37.6 Å². The van der Waals surface area contributed by atoms with Crippen LogP contribution in [0.4, 0.5) is 15.8 Å². The number of benzene rings is 2. The number of amides is 1. The lowest BCUT2D eigenvalue weighted by Gasteiger charge is -2.36. The Morgan fingerprint density at radius 1 is 1.08 bits per heavy atom. The standard InChI is InChI=1S/C20H24FN3O/c1-15-7-8-18(16(2)13-15)22-14-20(25)24-11-9-23(10-12-24)19-6-4-3-5-17(19)21/h3-8,13,22H,9-12,14H2,1-2H3. The van der Waals surface area contributed by atoms with E-state index in [-0.39, 0.29) is 18.3 Å². The zero-order valence-electron chi connectivity index (χ0n) is 14.8. The highest BCUT2D eigenvalue weighted by molar-refractivity contribution is 5.81. The Morgan fingerprint density at radius 2 is 1.80 bits per heavy atom. The van der Waals surface area contributed by atoms with Gasteiger partial charge in [0.25, 0.3) is 0 Å². The largest absolute Gasteiger partial charge is 0.376 e. The molecular formula is C20H24FN3O. The number of nitrogens with zero attached hydrogens (tertiary/aromatic N) is 2. The number of para-hydroxylation sites is 1. The van der Waals surface area contributed by atoms with E-state index in [0.29, 0.717) is 31.9 Å². The summed E-state index contributed by atoms with van der Waals surface area (Å²) in [6.45, 7) is 6.89. The molecule has 5 heteroatoms. The number of hydrogen-bond donors (Lipinski definition) is 1. The van der Waals surface area contributed by atoms with Crippen LogP contribution in [0.15, 0.2) is 42.5 Å². The molecule has 0 saturated carbocycles. The number of halogens is 1. The number of piperazine rings is 1. The topological polar surface area (TPSA) is 35.6 Å². The third-order valence-electron chi connectivity index (χ3n) is 4.64. The minimum absolute atomic E-state index is 0.0770. The smallest absolute Gasteiger partial charge is 0.241 e. The summed E-state index contributed by atoms with van der Waals surface area (Å²) in [6.07, 6.45) is 0. The van der Waals surface area contributed by atoms with Gasteiger partial charge in [0.05, 0.1) is 12.2 Å². The SMILES string of the molecule is Cc1ccc(NCC(=O)N2CCN(c3ccccc3F)CC2)c(C)c1. The Kier molecular flexibility index (Phi) is 5.22. The van der Waals surface area contributed by atoms with E-state index in [0.717, 1.165) is 11.3 Å². The number of aryl methyl sites for hydroxylation is 2. The molecule has 0 spiro atoms. The van der Waals surface area contributed by atoms with Crippen LogP contribution >= 0.6 is 0 Å². The monoisotopic (exact) mass is 341 g/mol. The number of nitrogens with one attached hydrogen (secondary N) is 1. The summed E-state index contributed by atoms with van der Waals surface area (Å²) >= 11 is 0. The van der Waals surface area contributed by atoms with Crippen molar-refractivity contribution in [3.8, 4) is 0 Å². The fraction of sp³-hybridized carbons (Fsp3) is 0.350. The average Bonchev–Trinajstić information content (AvgIpc) is 2.61. The van der Waals surface area contributed by atoms with Gasteiger partial charge in [-0.3, -0.25) is 4.79 Å². The van der Waals surface area contributed by atoms with E-state index in [1.807, 2.05) is 34.9 Å². The van der Waals surface area contributed by atoms with E-state index in [1.165, 1.54) is 11.6 Å². The van der Waals surface area contributed by atoms with E-state index in [2.05, 4.69) is 18.3 Å². The lowest BCUT2D eigenvalue weighted by atomic mass is 10.1. The van der Waals surface area contributed by atoms with Crippen LogP contribution in [0, 0.1) is 19.7 Å². The van der Waals surface area contributed by atoms with Crippen molar-refractivity contribution in [2.45, 2.75) is 13.8 Å². The summed E-state index contributed by atoms with van der Waals surface area (Å²) in [4.78, 5) is 16.3. The zero-order valence-corrected chi connectivity index (χ0v) is 14.8. The highest BCUT2D eigenvalue weighted by Gasteiger charge is 2.22. The number of carbonyl (C=O) groups excluding carboxylic acids is 1. The second-order valence-corrected chi connectivity index (χ2v) is 6.49. The lowest BCUT2D eigenvalue weighted by molar-refractivity contribution is -0.129. The molecule has 0 radical (unpaired) electrons. The van der Waals surface area contributed by atoms with Gasteiger partial charge in [0.1, 0.15) is 5.82 Å². The minimum atomic E-state index is -0.209. The summed E-state index contributed by atoms with van der Waals surface area (Å²) in [7, 11) is 0. The predicted octanol–water partition coefficient (Wildman–Crippen LogP) is 3.20. The van der Waals surface area contributed by atoms with Crippen molar-refractivity contribution < 1.29 is 9.18 Å². The normalized spacial score (nSPS) is 14.5. The van der Waals surface area contributed by atoms with E-state index in [4.69, 9.17) is 0 Å². The second kappa shape index (κ2) is 7.55. The first-order chi connectivity index (χ1) is 12.0. The quantitative estimate of drug-likeness (QED) is 0.928. The summed E-state index contributed by atoms with van der Waals surface area (Å²) in [5, 5.41) is 3.22. The number of hydrogen-bond acceptors (Lipinski definition) is 3. The maximum absolute atomic E-state index is 13.9. The summed E-state index contributed by atoms with van der Waals surface area (Å²) < 4.78 is 13.9. The molecule has 1 N–H and O–H groups in total. The van der Waals surface area contributed by atoms with Crippen LogP contribution in [-0.2, 0) is 4.79 Å². The molecule has 0 aliphatic carbocycles. The third-order valence-corrected chi connectivity index (χ3v) is 4.64. The van der Waals surface area contributed by atoms with Crippen molar-refractivity contribution in [3.05, 3.63) is 59.4 Å². The van der Waals surface area contributed by atoms with Crippen molar-refractivity contribution in [2.24, 2.45) is 0 Å². The van der Waals surface area contributed by atoms with Gasteiger partial charge in [0, 0.05) is 31.9 Å². The molecule has 4 nitrogen and oxygen atoms in total. The maximum Gasteiger partial charge on any atom is 0.241 e. The first-order valence-corrected chi connectivity index (χ1v) is 8.63. The first kappa shape index (κ1) is 17.3. The molecule has 0 unspecified atom stereocenters. The molecule has 3 rings (SSSR count). The van der Waals surface area contributed by atoms with Gasteiger partial charge in [0.2, 0.25) is 5.91 Å². The van der Waals surface area contributed by atoms with Crippen molar-refractivity contribution in [2.75, 3.05) is 42.9 Å².